The standard InChI is InChI=1S/C13H14O5/c1-16-9-6-10(17-2)12(18-3)7-4-5-8(11(7)9)13(14)15/h4-6,8H,1-3H3,(H,14,15). The van der Waals surface area contributed by atoms with E-state index in [0.29, 0.717) is 28.4 Å². The molecule has 1 atom stereocenters. The molecule has 1 aliphatic carbocycles. The van der Waals surface area contributed by atoms with Crippen LogP contribution in [0.4, 0.5) is 0 Å². The van der Waals surface area contributed by atoms with Gasteiger partial charge in [-0.15, -0.1) is 0 Å². The summed E-state index contributed by atoms with van der Waals surface area (Å²) in [5.41, 5.74) is 1.30. The predicted molar refractivity (Wildman–Crippen MR) is 65.5 cm³/mol. The van der Waals surface area contributed by atoms with Gasteiger partial charge in [-0.25, -0.2) is 0 Å². The minimum absolute atomic E-state index is 0.486. The first-order valence-corrected chi connectivity index (χ1v) is 5.37. The maximum absolute atomic E-state index is 11.2. The average molecular weight is 250 g/mol. The van der Waals surface area contributed by atoms with Crippen molar-refractivity contribution in [1.82, 2.24) is 0 Å². The van der Waals surface area contributed by atoms with Crippen LogP contribution >= 0.6 is 0 Å². The smallest absolute Gasteiger partial charge is 0.315 e. The van der Waals surface area contributed by atoms with Gasteiger partial charge in [0.2, 0.25) is 0 Å². The first-order valence-electron chi connectivity index (χ1n) is 5.37. The van der Waals surface area contributed by atoms with Crippen molar-refractivity contribution in [3.63, 3.8) is 0 Å². The summed E-state index contributed by atoms with van der Waals surface area (Å²) in [5.74, 6) is -0.109. The van der Waals surface area contributed by atoms with E-state index in [0.717, 1.165) is 0 Å². The lowest BCUT2D eigenvalue weighted by Gasteiger charge is -2.17. The molecule has 0 spiro atoms. The fraction of sp³-hybridized carbons (Fsp3) is 0.308. The highest BCUT2D eigenvalue weighted by atomic mass is 16.5. The number of rotatable bonds is 4. The van der Waals surface area contributed by atoms with Gasteiger partial charge in [-0.05, 0) is 0 Å². The molecular formula is C13H14O5. The highest BCUT2D eigenvalue weighted by molar-refractivity contribution is 5.89. The minimum atomic E-state index is -0.921. The molecule has 5 heteroatoms. The van der Waals surface area contributed by atoms with Crippen molar-refractivity contribution in [1.29, 1.82) is 0 Å². The Morgan fingerprint density at radius 1 is 1.17 bits per heavy atom. The fourth-order valence-electron chi connectivity index (χ4n) is 2.16. The first-order chi connectivity index (χ1) is 8.63. The summed E-state index contributed by atoms with van der Waals surface area (Å²) >= 11 is 0. The number of ether oxygens (including phenoxy) is 3. The molecule has 0 bridgehead atoms. The molecule has 0 saturated carbocycles. The van der Waals surface area contributed by atoms with Gasteiger partial charge < -0.3 is 19.3 Å². The Labute approximate surface area is 105 Å². The lowest BCUT2D eigenvalue weighted by atomic mass is 9.98. The van der Waals surface area contributed by atoms with E-state index in [2.05, 4.69) is 0 Å². The van der Waals surface area contributed by atoms with Gasteiger partial charge in [-0.1, -0.05) is 12.2 Å². The first kappa shape index (κ1) is 12.3. The van der Waals surface area contributed by atoms with Gasteiger partial charge in [0.25, 0.3) is 0 Å². The number of methoxy groups -OCH3 is 3. The molecule has 0 saturated heterocycles. The average Bonchev–Trinajstić information content (AvgIpc) is 2.81. The topological polar surface area (TPSA) is 65.0 Å². The molecule has 0 aliphatic heterocycles. The Morgan fingerprint density at radius 3 is 2.33 bits per heavy atom. The largest absolute Gasteiger partial charge is 0.496 e. The van der Waals surface area contributed by atoms with Gasteiger partial charge in [-0.2, -0.15) is 0 Å². The second kappa shape index (κ2) is 4.60. The summed E-state index contributed by atoms with van der Waals surface area (Å²) in [6.45, 7) is 0. The van der Waals surface area contributed by atoms with E-state index in [-0.39, 0.29) is 0 Å². The monoisotopic (exact) mass is 250 g/mol. The number of hydrogen-bond donors (Lipinski definition) is 1. The Bertz CT molecular complexity index is 519. The molecule has 1 aromatic rings. The molecule has 0 heterocycles. The minimum Gasteiger partial charge on any atom is -0.496 e. The molecule has 96 valence electrons. The van der Waals surface area contributed by atoms with Crippen LogP contribution in [0.2, 0.25) is 0 Å². The van der Waals surface area contributed by atoms with E-state index < -0.39 is 11.9 Å². The van der Waals surface area contributed by atoms with Gasteiger partial charge in [-0.3, -0.25) is 4.79 Å². The Hall–Kier alpha value is -2.17. The van der Waals surface area contributed by atoms with Crippen molar-refractivity contribution in [3.8, 4) is 17.2 Å². The van der Waals surface area contributed by atoms with Crippen LogP contribution in [0.5, 0.6) is 17.2 Å². The second-order valence-electron chi connectivity index (χ2n) is 3.82. The summed E-state index contributed by atoms with van der Waals surface area (Å²) in [5, 5.41) is 9.19. The summed E-state index contributed by atoms with van der Waals surface area (Å²) in [4.78, 5) is 11.2. The van der Waals surface area contributed by atoms with E-state index in [1.807, 2.05) is 0 Å². The van der Waals surface area contributed by atoms with Crippen molar-refractivity contribution in [3.05, 3.63) is 23.3 Å². The fourth-order valence-corrected chi connectivity index (χ4v) is 2.16. The van der Waals surface area contributed by atoms with Gasteiger partial charge in [0.05, 0.1) is 21.3 Å². The maximum Gasteiger partial charge on any atom is 0.315 e. The molecule has 0 aromatic heterocycles. The molecule has 5 nitrogen and oxygen atoms in total. The summed E-state index contributed by atoms with van der Waals surface area (Å²) in [6.07, 6.45) is 3.33. The normalized spacial score (nSPS) is 16.3. The van der Waals surface area contributed by atoms with Crippen molar-refractivity contribution < 1.29 is 24.1 Å². The molecule has 1 unspecified atom stereocenters. The third kappa shape index (κ3) is 1.68. The highest BCUT2D eigenvalue weighted by Gasteiger charge is 2.31. The zero-order valence-corrected chi connectivity index (χ0v) is 10.4. The number of carboxylic acids is 1. The quantitative estimate of drug-likeness (QED) is 0.884. The van der Waals surface area contributed by atoms with Crippen LogP contribution in [0.15, 0.2) is 12.1 Å². The van der Waals surface area contributed by atoms with Gasteiger partial charge in [0.1, 0.15) is 11.7 Å². The molecule has 0 amide bonds. The van der Waals surface area contributed by atoms with Crippen LogP contribution < -0.4 is 14.2 Å². The summed E-state index contributed by atoms with van der Waals surface area (Å²) in [6, 6.07) is 1.64. The summed E-state index contributed by atoms with van der Waals surface area (Å²) in [7, 11) is 4.54. The molecule has 1 N–H and O–H groups in total. The number of carboxylic acid groups (broad SMARTS) is 1. The lowest BCUT2D eigenvalue weighted by molar-refractivity contribution is -0.137. The van der Waals surface area contributed by atoms with Crippen LogP contribution in [-0.4, -0.2) is 32.4 Å². The molecular weight excluding hydrogens is 236 g/mol. The van der Waals surface area contributed by atoms with E-state index >= 15 is 0 Å². The molecule has 18 heavy (non-hydrogen) atoms. The zero-order valence-electron chi connectivity index (χ0n) is 10.4. The third-order valence-corrected chi connectivity index (χ3v) is 2.96. The highest BCUT2D eigenvalue weighted by Crippen LogP contribution is 2.47. The molecule has 1 aromatic carbocycles. The third-order valence-electron chi connectivity index (χ3n) is 2.96. The van der Waals surface area contributed by atoms with Crippen LogP contribution in [-0.2, 0) is 4.79 Å². The second-order valence-corrected chi connectivity index (χ2v) is 3.82. The number of fused-ring (bicyclic) bond motifs is 1. The van der Waals surface area contributed by atoms with Crippen molar-refractivity contribution in [2.45, 2.75) is 5.92 Å². The van der Waals surface area contributed by atoms with Crippen LogP contribution in [0, 0.1) is 0 Å². The Balaban J connectivity index is 2.69. The van der Waals surface area contributed by atoms with E-state index in [1.165, 1.54) is 21.3 Å². The number of hydrogen-bond acceptors (Lipinski definition) is 4. The lowest BCUT2D eigenvalue weighted by Crippen LogP contribution is -2.09. The van der Waals surface area contributed by atoms with Crippen LogP contribution in [0.25, 0.3) is 6.08 Å². The molecule has 0 fully saturated rings. The molecule has 2 rings (SSSR count). The number of benzene rings is 1. The number of aliphatic carboxylic acids is 1. The van der Waals surface area contributed by atoms with E-state index in [1.54, 1.807) is 18.2 Å². The van der Waals surface area contributed by atoms with Gasteiger partial charge in [0, 0.05) is 17.2 Å². The molecule has 0 radical (unpaired) electrons. The van der Waals surface area contributed by atoms with Gasteiger partial charge >= 0.3 is 5.97 Å². The SMILES string of the molecule is COc1cc(OC)c2c(c1OC)C=CC2C(=O)O. The maximum atomic E-state index is 11.2. The summed E-state index contributed by atoms with van der Waals surface area (Å²) < 4.78 is 15.7. The van der Waals surface area contributed by atoms with E-state index in [4.69, 9.17) is 14.2 Å². The Morgan fingerprint density at radius 2 is 1.83 bits per heavy atom. The zero-order chi connectivity index (χ0) is 13.3. The Kier molecular flexibility index (Phi) is 3.14. The predicted octanol–water partition coefficient (Wildman–Crippen LogP) is 1.91. The number of carbonyl (C=O) groups is 1. The van der Waals surface area contributed by atoms with E-state index in [9.17, 15) is 9.90 Å². The molecule has 1 aliphatic rings. The van der Waals surface area contributed by atoms with Crippen LogP contribution in [0.3, 0.4) is 0 Å². The van der Waals surface area contributed by atoms with Gasteiger partial charge in [0.15, 0.2) is 11.5 Å². The van der Waals surface area contributed by atoms with Crippen molar-refractivity contribution >= 4 is 12.0 Å². The van der Waals surface area contributed by atoms with Crippen molar-refractivity contribution in [2.24, 2.45) is 0 Å². The van der Waals surface area contributed by atoms with Crippen LogP contribution in [0.1, 0.15) is 17.0 Å². The van der Waals surface area contributed by atoms with Crippen molar-refractivity contribution in [2.75, 3.05) is 21.3 Å².